The van der Waals surface area contributed by atoms with E-state index >= 15 is 0 Å². The maximum atomic E-state index is 11.1. The van der Waals surface area contributed by atoms with Crippen molar-refractivity contribution in [1.29, 1.82) is 0 Å². The minimum absolute atomic E-state index is 0.0809. The van der Waals surface area contributed by atoms with Gasteiger partial charge < -0.3 is 10.2 Å². The standard InChI is InChI=1S/C15H22O3S/c1-2-3-4-5-8-12(11-16)19-14-10-7-6-9-13(14)15(17)18/h6-7,9-10,12,16H,2-5,8,11H2,1H3,(H,17,18). The summed E-state index contributed by atoms with van der Waals surface area (Å²) >= 11 is 1.47. The van der Waals surface area contributed by atoms with Crippen molar-refractivity contribution in [1.82, 2.24) is 0 Å². The van der Waals surface area contributed by atoms with Gasteiger partial charge in [0.25, 0.3) is 0 Å². The molecule has 0 heterocycles. The van der Waals surface area contributed by atoms with Crippen LogP contribution in [0.4, 0.5) is 0 Å². The van der Waals surface area contributed by atoms with E-state index in [9.17, 15) is 9.90 Å². The molecule has 3 nitrogen and oxygen atoms in total. The van der Waals surface area contributed by atoms with Crippen LogP contribution in [0.5, 0.6) is 0 Å². The summed E-state index contributed by atoms with van der Waals surface area (Å²) in [5.74, 6) is -0.911. The molecule has 4 heteroatoms. The third-order valence-electron chi connectivity index (χ3n) is 2.99. The molecule has 2 N–H and O–H groups in total. The van der Waals surface area contributed by atoms with Gasteiger partial charge in [-0.05, 0) is 18.6 Å². The van der Waals surface area contributed by atoms with Crippen LogP contribution in [0.25, 0.3) is 0 Å². The van der Waals surface area contributed by atoms with Gasteiger partial charge in [-0.3, -0.25) is 0 Å². The van der Waals surface area contributed by atoms with Gasteiger partial charge in [-0.15, -0.1) is 11.8 Å². The van der Waals surface area contributed by atoms with Crippen LogP contribution in [0.2, 0.25) is 0 Å². The maximum Gasteiger partial charge on any atom is 0.336 e. The number of aliphatic hydroxyl groups excluding tert-OH is 1. The van der Waals surface area contributed by atoms with Crippen LogP contribution in [0.15, 0.2) is 29.2 Å². The monoisotopic (exact) mass is 282 g/mol. The van der Waals surface area contributed by atoms with Gasteiger partial charge in [-0.2, -0.15) is 0 Å². The summed E-state index contributed by atoms with van der Waals surface area (Å²) in [6, 6.07) is 6.97. The highest BCUT2D eigenvalue weighted by Crippen LogP contribution is 2.29. The number of carboxylic acid groups (broad SMARTS) is 1. The molecule has 19 heavy (non-hydrogen) atoms. The third-order valence-corrected chi connectivity index (χ3v) is 4.32. The largest absolute Gasteiger partial charge is 0.478 e. The lowest BCUT2D eigenvalue weighted by molar-refractivity contribution is 0.0693. The molecule has 0 radical (unpaired) electrons. The van der Waals surface area contributed by atoms with Crippen molar-refractivity contribution in [3.8, 4) is 0 Å². The van der Waals surface area contributed by atoms with Gasteiger partial charge in [0.15, 0.2) is 0 Å². The van der Waals surface area contributed by atoms with E-state index in [-0.39, 0.29) is 11.9 Å². The number of unbranched alkanes of at least 4 members (excludes halogenated alkanes) is 3. The first-order chi connectivity index (χ1) is 9.19. The number of rotatable bonds is 9. The van der Waals surface area contributed by atoms with Crippen molar-refractivity contribution in [2.75, 3.05) is 6.61 Å². The van der Waals surface area contributed by atoms with Crippen LogP contribution >= 0.6 is 11.8 Å². The average Bonchev–Trinajstić information content (AvgIpc) is 2.42. The second-order valence-corrected chi connectivity index (χ2v) is 5.92. The van der Waals surface area contributed by atoms with E-state index in [1.54, 1.807) is 12.1 Å². The molecule has 0 aromatic heterocycles. The van der Waals surface area contributed by atoms with Crippen LogP contribution in [0.1, 0.15) is 49.4 Å². The van der Waals surface area contributed by atoms with E-state index in [0.29, 0.717) is 5.56 Å². The van der Waals surface area contributed by atoms with Crippen LogP contribution < -0.4 is 0 Å². The molecular formula is C15H22O3S. The zero-order valence-electron chi connectivity index (χ0n) is 11.3. The first-order valence-electron chi connectivity index (χ1n) is 6.78. The second kappa shape index (κ2) is 8.99. The van der Waals surface area contributed by atoms with Gasteiger partial charge in [0, 0.05) is 10.1 Å². The predicted molar refractivity (Wildman–Crippen MR) is 78.9 cm³/mol. The summed E-state index contributed by atoms with van der Waals surface area (Å²) < 4.78 is 0. The summed E-state index contributed by atoms with van der Waals surface area (Å²) in [5.41, 5.74) is 0.319. The number of hydrogen-bond acceptors (Lipinski definition) is 3. The molecule has 0 saturated heterocycles. The third kappa shape index (κ3) is 5.66. The minimum Gasteiger partial charge on any atom is -0.478 e. The highest BCUT2D eigenvalue weighted by atomic mass is 32.2. The Hall–Kier alpha value is -1.00. The molecule has 0 fully saturated rings. The molecule has 1 aromatic carbocycles. The Morgan fingerprint density at radius 3 is 2.63 bits per heavy atom. The van der Waals surface area contributed by atoms with Crippen molar-refractivity contribution < 1.29 is 15.0 Å². The van der Waals surface area contributed by atoms with Gasteiger partial charge in [0.05, 0.1) is 12.2 Å². The summed E-state index contributed by atoms with van der Waals surface area (Å²) in [4.78, 5) is 11.9. The zero-order valence-corrected chi connectivity index (χ0v) is 12.2. The van der Waals surface area contributed by atoms with Crippen molar-refractivity contribution in [3.05, 3.63) is 29.8 Å². The summed E-state index contributed by atoms with van der Waals surface area (Å²) in [6.45, 7) is 2.26. The number of hydrogen-bond donors (Lipinski definition) is 2. The molecule has 0 amide bonds. The Morgan fingerprint density at radius 1 is 1.26 bits per heavy atom. The maximum absolute atomic E-state index is 11.1. The SMILES string of the molecule is CCCCCCC(CO)Sc1ccccc1C(=O)O. The quantitative estimate of drug-likeness (QED) is 0.534. The van der Waals surface area contributed by atoms with Crippen LogP contribution in [-0.4, -0.2) is 28.0 Å². The smallest absolute Gasteiger partial charge is 0.336 e. The van der Waals surface area contributed by atoms with Gasteiger partial charge in [-0.25, -0.2) is 4.79 Å². The molecule has 1 unspecified atom stereocenters. The van der Waals surface area contributed by atoms with Gasteiger partial charge >= 0.3 is 5.97 Å². The van der Waals surface area contributed by atoms with Crippen molar-refractivity contribution in [3.63, 3.8) is 0 Å². The number of carbonyl (C=O) groups is 1. The van der Waals surface area contributed by atoms with E-state index in [4.69, 9.17) is 5.11 Å². The first kappa shape index (κ1) is 16.1. The Kier molecular flexibility index (Phi) is 7.60. The lowest BCUT2D eigenvalue weighted by Crippen LogP contribution is -2.09. The van der Waals surface area contributed by atoms with Crippen LogP contribution in [0, 0.1) is 0 Å². The summed E-state index contributed by atoms with van der Waals surface area (Å²) in [7, 11) is 0. The molecule has 1 atom stereocenters. The number of aliphatic hydroxyl groups is 1. The van der Waals surface area contributed by atoms with Gasteiger partial charge in [0.1, 0.15) is 0 Å². The normalized spacial score (nSPS) is 12.3. The molecule has 0 aliphatic carbocycles. The number of thioether (sulfide) groups is 1. The Balaban J connectivity index is 2.57. The molecule has 1 rings (SSSR count). The molecule has 0 bridgehead atoms. The van der Waals surface area contributed by atoms with Crippen LogP contribution in [0.3, 0.4) is 0 Å². The fraction of sp³-hybridized carbons (Fsp3) is 0.533. The number of carboxylic acids is 1. The Morgan fingerprint density at radius 2 is 2.00 bits per heavy atom. The molecule has 0 aliphatic rings. The van der Waals surface area contributed by atoms with E-state index in [1.165, 1.54) is 31.0 Å². The average molecular weight is 282 g/mol. The molecular weight excluding hydrogens is 260 g/mol. The lowest BCUT2D eigenvalue weighted by atomic mass is 10.1. The zero-order chi connectivity index (χ0) is 14.1. The van der Waals surface area contributed by atoms with E-state index in [1.807, 2.05) is 12.1 Å². The van der Waals surface area contributed by atoms with Crippen molar-refractivity contribution in [2.45, 2.75) is 49.2 Å². The predicted octanol–water partition coefficient (Wildman–Crippen LogP) is 3.81. The molecule has 106 valence electrons. The fourth-order valence-corrected chi connectivity index (χ4v) is 3.07. The Labute approximate surface area is 119 Å². The molecule has 0 saturated carbocycles. The molecule has 1 aromatic rings. The summed E-state index contributed by atoms with van der Waals surface area (Å²) in [6.07, 6.45) is 5.60. The fourth-order valence-electron chi connectivity index (χ4n) is 1.91. The van der Waals surface area contributed by atoms with E-state index < -0.39 is 5.97 Å². The molecule has 0 spiro atoms. The van der Waals surface area contributed by atoms with Crippen LogP contribution in [-0.2, 0) is 0 Å². The minimum atomic E-state index is -0.911. The van der Waals surface area contributed by atoms with E-state index in [0.717, 1.165) is 17.7 Å². The number of benzene rings is 1. The van der Waals surface area contributed by atoms with Gasteiger partial charge in [0.2, 0.25) is 0 Å². The van der Waals surface area contributed by atoms with E-state index in [2.05, 4.69) is 6.92 Å². The second-order valence-electron chi connectivity index (χ2n) is 4.57. The highest BCUT2D eigenvalue weighted by molar-refractivity contribution is 8.00. The van der Waals surface area contributed by atoms with Crippen molar-refractivity contribution in [2.24, 2.45) is 0 Å². The summed E-state index contributed by atoms with van der Waals surface area (Å²) in [5, 5.41) is 18.6. The number of aromatic carboxylic acids is 1. The topological polar surface area (TPSA) is 57.5 Å². The molecule has 0 aliphatic heterocycles. The Bertz CT molecular complexity index is 393. The first-order valence-corrected chi connectivity index (χ1v) is 7.66. The highest BCUT2D eigenvalue weighted by Gasteiger charge is 2.14. The lowest BCUT2D eigenvalue weighted by Gasteiger charge is -2.15. The van der Waals surface area contributed by atoms with Gasteiger partial charge in [-0.1, -0.05) is 44.7 Å². The van der Waals surface area contributed by atoms with Crippen molar-refractivity contribution >= 4 is 17.7 Å².